The van der Waals surface area contributed by atoms with Crippen molar-refractivity contribution in [3.05, 3.63) is 53.6 Å². The van der Waals surface area contributed by atoms with Crippen LogP contribution in [0.5, 0.6) is 5.75 Å². The molecule has 1 aromatic carbocycles. The quantitative estimate of drug-likeness (QED) is 0.533. The summed E-state index contributed by atoms with van der Waals surface area (Å²) in [6.07, 6.45) is 4.26. The van der Waals surface area contributed by atoms with Gasteiger partial charge in [0.15, 0.2) is 11.5 Å². The van der Waals surface area contributed by atoms with Gasteiger partial charge in [0, 0.05) is 37.7 Å². The van der Waals surface area contributed by atoms with Gasteiger partial charge in [-0.15, -0.1) is 0 Å². The Morgan fingerprint density at radius 3 is 2.89 bits per heavy atom. The molecule has 0 radical (unpaired) electrons. The summed E-state index contributed by atoms with van der Waals surface area (Å²) in [6.45, 7) is 5.03. The van der Waals surface area contributed by atoms with E-state index in [2.05, 4.69) is 20.9 Å². The maximum absolute atomic E-state index is 13.9. The van der Waals surface area contributed by atoms with Crippen LogP contribution >= 0.6 is 0 Å². The molecule has 1 atom stereocenters. The molecule has 190 valence electrons. The first-order valence-electron chi connectivity index (χ1n) is 11.8. The van der Waals surface area contributed by atoms with Gasteiger partial charge in [-0.1, -0.05) is 5.16 Å². The Morgan fingerprint density at radius 2 is 2.14 bits per heavy atom. The number of nitrogens with one attached hydrogen (secondary N) is 2. The number of oxime groups is 1. The second kappa shape index (κ2) is 9.51. The van der Waals surface area contributed by atoms with Crippen molar-refractivity contribution in [2.45, 2.75) is 38.5 Å². The van der Waals surface area contributed by atoms with E-state index in [0.717, 1.165) is 0 Å². The number of methoxy groups -OCH3 is 1. The number of carbonyl (C=O) groups is 1. The van der Waals surface area contributed by atoms with Gasteiger partial charge in [0.2, 0.25) is 5.72 Å². The van der Waals surface area contributed by atoms with Gasteiger partial charge in [-0.2, -0.15) is 5.10 Å². The van der Waals surface area contributed by atoms with E-state index >= 15 is 0 Å². The molecule has 0 saturated carbocycles. The van der Waals surface area contributed by atoms with E-state index in [0.29, 0.717) is 66.7 Å². The van der Waals surface area contributed by atoms with E-state index in [1.807, 2.05) is 6.92 Å². The van der Waals surface area contributed by atoms with E-state index < -0.39 is 5.72 Å². The zero-order valence-corrected chi connectivity index (χ0v) is 20.3. The molecule has 2 N–H and O–H groups in total. The Bertz CT molecular complexity index is 1300. The monoisotopic (exact) mass is 497 g/mol. The SMILES string of the molecule is CCOC(=O)N1CCC2(CC1)NC(c1cnn3ccc(NC(C)c4cc(F)ccc4OC)nc13)=NO2. The fourth-order valence-corrected chi connectivity index (χ4v) is 4.45. The number of hydrogen-bond donors (Lipinski definition) is 2. The lowest BCUT2D eigenvalue weighted by molar-refractivity contribution is -0.0724. The average molecular weight is 498 g/mol. The first-order valence-corrected chi connectivity index (χ1v) is 11.8. The molecule has 1 fully saturated rings. The number of rotatable bonds is 6. The topological polar surface area (TPSA) is 115 Å². The number of carbonyl (C=O) groups excluding carboxylic acids is 1. The van der Waals surface area contributed by atoms with Crippen molar-refractivity contribution in [3.63, 3.8) is 0 Å². The van der Waals surface area contributed by atoms with Crippen molar-refractivity contribution in [2.24, 2.45) is 5.16 Å². The molecule has 0 aliphatic carbocycles. The highest BCUT2D eigenvalue weighted by Gasteiger charge is 2.43. The molecule has 1 unspecified atom stereocenters. The van der Waals surface area contributed by atoms with Gasteiger partial charge >= 0.3 is 6.09 Å². The van der Waals surface area contributed by atoms with Crippen LogP contribution in [0.3, 0.4) is 0 Å². The Morgan fingerprint density at radius 1 is 1.33 bits per heavy atom. The van der Waals surface area contributed by atoms with Crippen molar-refractivity contribution >= 4 is 23.4 Å². The van der Waals surface area contributed by atoms with Crippen molar-refractivity contribution in [1.82, 2.24) is 24.8 Å². The highest BCUT2D eigenvalue weighted by Crippen LogP contribution is 2.31. The van der Waals surface area contributed by atoms with Crippen LogP contribution in [0.25, 0.3) is 5.65 Å². The van der Waals surface area contributed by atoms with Crippen molar-refractivity contribution in [2.75, 3.05) is 32.1 Å². The van der Waals surface area contributed by atoms with E-state index in [4.69, 9.17) is 19.3 Å². The van der Waals surface area contributed by atoms with Crippen LogP contribution in [-0.4, -0.2) is 64.0 Å². The third-order valence-corrected chi connectivity index (χ3v) is 6.40. The molecular weight excluding hydrogens is 469 g/mol. The standard InChI is InChI=1S/C24H28FN7O4/c1-4-35-23(33)31-11-8-24(9-12-31)29-21(30-36-24)18-14-26-32-10-7-20(28-22(18)32)27-15(2)17-13-16(25)5-6-19(17)34-3/h5-7,10,13-15H,4,8-9,11-12H2,1-3H3,(H,27,28)(H,29,30). The molecule has 11 nitrogen and oxygen atoms in total. The van der Waals surface area contributed by atoms with Gasteiger partial charge < -0.3 is 29.8 Å². The Kier molecular flexibility index (Phi) is 6.25. The van der Waals surface area contributed by atoms with Crippen LogP contribution in [0.4, 0.5) is 15.0 Å². The minimum absolute atomic E-state index is 0.268. The number of benzene rings is 1. The third kappa shape index (κ3) is 4.45. The Balaban J connectivity index is 1.31. The summed E-state index contributed by atoms with van der Waals surface area (Å²) in [7, 11) is 1.55. The lowest BCUT2D eigenvalue weighted by atomic mass is 10.0. The van der Waals surface area contributed by atoms with Gasteiger partial charge in [0.05, 0.1) is 31.5 Å². The van der Waals surface area contributed by atoms with Gasteiger partial charge in [0.1, 0.15) is 17.4 Å². The summed E-state index contributed by atoms with van der Waals surface area (Å²) >= 11 is 0. The molecule has 4 heterocycles. The van der Waals surface area contributed by atoms with Crippen LogP contribution in [-0.2, 0) is 9.57 Å². The van der Waals surface area contributed by atoms with Crippen molar-refractivity contribution in [3.8, 4) is 5.75 Å². The largest absolute Gasteiger partial charge is 0.496 e. The second-order valence-electron chi connectivity index (χ2n) is 8.73. The second-order valence-corrected chi connectivity index (χ2v) is 8.73. The van der Waals surface area contributed by atoms with Crippen molar-refractivity contribution in [1.29, 1.82) is 0 Å². The van der Waals surface area contributed by atoms with Gasteiger partial charge in [-0.25, -0.2) is 18.7 Å². The van der Waals surface area contributed by atoms with E-state index in [1.165, 1.54) is 12.1 Å². The predicted molar refractivity (Wildman–Crippen MR) is 129 cm³/mol. The number of hydrogen-bond acceptors (Lipinski definition) is 9. The molecule has 1 spiro atoms. The minimum atomic E-state index is -0.690. The smallest absolute Gasteiger partial charge is 0.409 e. The summed E-state index contributed by atoms with van der Waals surface area (Å²) in [6, 6.07) is 5.93. The van der Waals surface area contributed by atoms with Crippen LogP contribution in [0.15, 0.2) is 41.8 Å². The van der Waals surface area contributed by atoms with Crippen LogP contribution in [0.2, 0.25) is 0 Å². The maximum Gasteiger partial charge on any atom is 0.409 e. The summed E-state index contributed by atoms with van der Waals surface area (Å²) < 4.78 is 26.0. The highest BCUT2D eigenvalue weighted by atomic mass is 19.1. The zero-order valence-electron chi connectivity index (χ0n) is 20.3. The highest BCUT2D eigenvalue weighted by molar-refractivity contribution is 6.04. The van der Waals surface area contributed by atoms with E-state index in [9.17, 15) is 9.18 Å². The molecule has 1 saturated heterocycles. The number of amidine groups is 1. The molecule has 2 aliphatic heterocycles. The lowest BCUT2D eigenvalue weighted by Gasteiger charge is -2.36. The van der Waals surface area contributed by atoms with Crippen LogP contribution in [0, 0.1) is 5.82 Å². The summed E-state index contributed by atoms with van der Waals surface area (Å²) in [4.78, 5) is 24.2. The number of fused-ring (bicyclic) bond motifs is 1. The molecule has 5 rings (SSSR count). The molecule has 36 heavy (non-hydrogen) atoms. The molecule has 2 aromatic heterocycles. The maximum atomic E-state index is 13.9. The van der Waals surface area contributed by atoms with E-state index in [1.54, 1.807) is 48.0 Å². The van der Waals surface area contributed by atoms with Gasteiger partial charge in [-0.3, -0.25) is 0 Å². The summed E-state index contributed by atoms with van der Waals surface area (Å²) in [5.74, 6) is 1.36. The van der Waals surface area contributed by atoms with Gasteiger partial charge in [-0.05, 0) is 38.1 Å². The molecule has 3 aromatic rings. The number of piperidine rings is 1. The Hall–Kier alpha value is -4.09. The zero-order chi connectivity index (χ0) is 25.3. The van der Waals surface area contributed by atoms with Crippen molar-refractivity contribution < 1.29 is 23.5 Å². The number of likely N-dealkylation sites (tertiary alicyclic amines) is 1. The number of amides is 1. The Labute approximate surface area is 207 Å². The molecule has 12 heteroatoms. The average Bonchev–Trinajstić information content (AvgIpc) is 3.48. The first-order chi connectivity index (χ1) is 17.4. The number of halogens is 1. The van der Waals surface area contributed by atoms with E-state index in [-0.39, 0.29) is 18.0 Å². The predicted octanol–water partition coefficient (Wildman–Crippen LogP) is 3.28. The lowest BCUT2D eigenvalue weighted by Crippen LogP contribution is -2.54. The summed E-state index contributed by atoms with van der Waals surface area (Å²) in [5.41, 5.74) is 1.25. The number of nitrogens with zero attached hydrogens (tertiary/aromatic N) is 5. The third-order valence-electron chi connectivity index (χ3n) is 6.40. The van der Waals surface area contributed by atoms with Gasteiger partial charge in [0.25, 0.3) is 0 Å². The first kappa shape index (κ1) is 23.6. The fraction of sp³-hybridized carbons (Fsp3) is 0.417. The molecule has 1 amide bonds. The number of aromatic nitrogens is 3. The minimum Gasteiger partial charge on any atom is -0.496 e. The number of anilines is 1. The molecular formula is C24H28FN7O4. The molecule has 0 bridgehead atoms. The normalized spacial score (nSPS) is 17.3. The van der Waals surface area contributed by atoms with Crippen LogP contribution in [0.1, 0.15) is 43.9 Å². The van der Waals surface area contributed by atoms with Crippen LogP contribution < -0.4 is 15.4 Å². The molecule has 2 aliphatic rings. The summed E-state index contributed by atoms with van der Waals surface area (Å²) in [5, 5.41) is 15.3. The fourth-order valence-electron chi connectivity index (χ4n) is 4.45. The number of ether oxygens (including phenoxy) is 2.